The van der Waals surface area contributed by atoms with E-state index in [-0.39, 0.29) is 11.7 Å². The van der Waals surface area contributed by atoms with E-state index in [1.807, 2.05) is 41.3 Å². The van der Waals surface area contributed by atoms with Gasteiger partial charge >= 0.3 is 0 Å². The zero-order valence-corrected chi connectivity index (χ0v) is 21.4. The Morgan fingerprint density at radius 3 is 2.36 bits per heavy atom. The van der Waals surface area contributed by atoms with E-state index in [1.54, 1.807) is 49.6 Å². The smallest absolute Gasteiger partial charge is 0.240 e. The average Bonchev–Trinajstić information content (AvgIpc) is 3.36. The highest BCUT2D eigenvalue weighted by Crippen LogP contribution is 2.50. The number of benzene rings is 3. The number of carbonyl (C=O) groups is 3. The third-order valence-corrected chi connectivity index (χ3v) is 8.15. The molecule has 0 radical (unpaired) electrons. The largest absolute Gasteiger partial charge is 0.496 e. The minimum atomic E-state index is -0.865. The summed E-state index contributed by atoms with van der Waals surface area (Å²) in [6.07, 6.45) is 3.89. The number of fused-ring (bicyclic) bond motifs is 5. The van der Waals surface area contributed by atoms with Crippen LogP contribution in [0.4, 0.5) is 11.4 Å². The van der Waals surface area contributed by atoms with Gasteiger partial charge in [0.05, 0.1) is 40.2 Å². The van der Waals surface area contributed by atoms with E-state index in [0.717, 1.165) is 16.2 Å². The fraction of sp³-hybridized carbons (Fsp3) is 0.179. The van der Waals surface area contributed by atoms with E-state index in [2.05, 4.69) is 15.9 Å². The predicted molar refractivity (Wildman–Crippen MR) is 141 cm³/mol. The third kappa shape index (κ3) is 3.26. The number of ketones is 1. The molecule has 3 aliphatic heterocycles. The normalized spacial score (nSPS) is 24.0. The van der Waals surface area contributed by atoms with Crippen molar-refractivity contribution in [2.24, 2.45) is 11.8 Å². The summed E-state index contributed by atoms with van der Waals surface area (Å²) < 4.78 is 5.95. The molecule has 0 aromatic heterocycles. The summed E-state index contributed by atoms with van der Waals surface area (Å²) >= 11 is 9.84. The van der Waals surface area contributed by atoms with Gasteiger partial charge in [-0.2, -0.15) is 0 Å². The van der Waals surface area contributed by atoms with Crippen LogP contribution < -0.4 is 14.5 Å². The molecular weight excluding hydrogens is 544 g/mol. The van der Waals surface area contributed by atoms with E-state index < -0.39 is 29.8 Å². The maximum absolute atomic E-state index is 14.1. The lowest BCUT2D eigenvalue weighted by atomic mass is 9.86. The number of amides is 2. The van der Waals surface area contributed by atoms with Crippen molar-refractivity contribution in [3.8, 4) is 5.75 Å². The monoisotopic (exact) mass is 562 g/mol. The molecule has 0 N–H and O–H groups in total. The summed E-state index contributed by atoms with van der Waals surface area (Å²) in [4.78, 5) is 45.0. The number of carbonyl (C=O) groups excluding carboxylic acids is 3. The van der Waals surface area contributed by atoms with Crippen molar-refractivity contribution < 1.29 is 19.1 Å². The second kappa shape index (κ2) is 8.61. The van der Waals surface area contributed by atoms with Gasteiger partial charge in [0.15, 0.2) is 5.78 Å². The molecule has 180 valence electrons. The number of hydrogen-bond donors (Lipinski definition) is 0. The number of halogens is 2. The lowest BCUT2D eigenvalue weighted by molar-refractivity contribution is -0.122. The SMILES string of the molecule is COc1ccc(C(=O)[C@@H]2[C@H]3C(=O)N(c4ccccc4Cl)C(=O)[C@@H]3[C@H]3C=Cc4ccccc4N32)cc1Br. The minimum absolute atomic E-state index is 0.233. The van der Waals surface area contributed by atoms with E-state index in [1.165, 1.54) is 0 Å². The molecule has 0 saturated carbocycles. The maximum atomic E-state index is 14.1. The molecule has 0 bridgehead atoms. The molecule has 3 heterocycles. The van der Waals surface area contributed by atoms with Crippen LogP contribution in [0.3, 0.4) is 0 Å². The summed E-state index contributed by atoms with van der Waals surface area (Å²) in [5.41, 5.74) is 2.53. The first-order chi connectivity index (χ1) is 17.4. The van der Waals surface area contributed by atoms with Crippen LogP contribution in [0.25, 0.3) is 6.08 Å². The number of ether oxygens (including phenoxy) is 1. The number of anilines is 2. The maximum Gasteiger partial charge on any atom is 0.240 e. The molecule has 2 fully saturated rings. The van der Waals surface area contributed by atoms with Gasteiger partial charge in [-0.3, -0.25) is 14.4 Å². The first-order valence-corrected chi connectivity index (χ1v) is 12.6. The fourth-order valence-corrected chi connectivity index (χ4v) is 6.44. The highest BCUT2D eigenvalue weighted by Gasteiger charge is 2.64. The first-order valence-electron chi connectivity index (χ1n) is 11.5. The summed E-state index contributed by atoms with van der Waals surface area (Å²) in [5, 5.41) is 0.308. The molecule has 3 aromatic rings. The lowest BCUT2D eigenvalue weighted by Gasteiger charge is -2.36. The van der Waals surface area contributed by atoms with Crippen LogP contribution >= 0.6 is 27.5 Å². The Labute approximate surface area is 221 Å². The number of para-hydroxylation sites is 2. The standard InChI is InChI=1S/C28H20BrClN2O4/c1-36-22-13-11-16(14-17(22)29)26(33)25-24-23(21-12-10-15-6-2-4-8-19(15)31(21)25)27(34)32(28(24)35)20-9-5-3-7-18(20)30/h2-14,21,23-25H,1H3/t21-,23-,24+,25+/m1/s1. The Morgan fingerprint density at radius 2 is 1.64 bits per heavy atom. The second-order valence-corrected chi connectivity index (χ2v) is 10.3. The lowest BCUT2D eigenvalue weighted by Crippen LogP contribution is -2.48. The van der Waals surface area contributed by atoms with Gasteiger partial charge in [0.2, 0.25) is 11.8 Å². The Kier molecular flexibility index (Phi) is 5.50. The van der Waals surface area contributed by atoms with E-state index in [0.29, 0.717) is 26.5 Å². The zero-order chi connectivity index (χ0) is 25.1. The van der Waals surface area contributed by atoms with Crippen molar-refractivity contribution in [3.63, 3.8) is 0 Å². The van der Waals surface area contributed by atoms with Crippen LogP contribution in [0.2, 0.25) is 5.02 Å². The summed E-state index contributed by atoms with van der Waals surface area (Å²) in [6.45, 7) is 0. The Hall–Kier alpha value is -3.42. The molecule has 3 aliphatic rings. The Balaban J connectivity index is 1.50. The molecule has 6 rings (SSSR count). The van der Waals surface area contributed by atoms with Crippen molar-refractivity contribution >= 4 is 62.6 Å². The molecule has 6 nitrogen and oxygen atoms in total. The van der Waals surface area contributed by atoms with Gasteiger partial charge in [-0.15, -0.1) is 0 Å². The number of rotatable bonds is 4. The van der Waals surface area contributed by atoms with Gasteiger partial charge in [0.25, 0.3) is 0 Å². The van der Waals surface area contributed by atoms with Gasteiger partial charge in [0.1, 0.15) is 11.8 Å². The van der Waals surface area contributed by atoms with Crippen LogP contribution in [0, 0.1) is 11.8 Å². The topological polar surface area (TPSA) is 66.9 Å². The summed E-state index contributed by atoms with van der Waals surface area (Å²) in [7, 11) is 1.55. The van der Waals surface area contributed by atoms with Crippen LogP contribution in [-0.4, -0.2) is 36.8 Å². The molecule has 36 heavy (non-hydrogen) atoms. The summed E-state index contributed by atoms with van der Waals surface area (Å²) in [6, 6.07) is 18.3. The molecular formula is C28H20BrClN2O4. The van der Waals surface area contributed by atoms with Crippen molar-refractivity contribution in [3.05, 3.63) is 93.4 Å². The number of nitrogens with zero attached hydrogens (tertiary/aromatic N) is 2. The van der Waals surface area contributed by atoms with Gasteiger partial charge in [-0.25, -0.2) is 4.90 Å². The second-order valence-electron chi connectivity index (χ2n) is 8.99. The molecule has 2 saturated heterocycles. The predicted octanol–water partition coefficient (Wildman–Crippen LogP) is 5.38. The Morgan fingerprint density at radius 1 is 0.944 bits per heavy atom. The molecule has 8 heteroatoms. The highest BCUT2D eigenvalue weighted by atomic mass is 79.9. The van der Waals surface area contributed by atoms with Crippen molar-refractivity contribution in [2.45, 2.75) is 12.1 Å². The fourth-order valence-electron chi connectivity index (χ4n) is 5.67. The van der Waals surface area contributed by atoms with Crippen LogP contribution in [0.1, 0.15) is 15.9 Å². The minimum Gasteiger partial charge on any atom is -0.496 e. The van der Waals surface area contributed by atoms with Gasteiger partial charge in [-0.05, 0) is 57.9 Å². The van der Waals surface area contributed by atoms with Crippen molar-refractivity contribution in [2.75, 3.05) is 16.9 Å². The van der Waals surface area contributed by atoms with Crippen LogP contribution in [0.15, 0.2) is 77.3 Å². The van der Waals surface area contributed by atoms with Crippen LogP contribution in [-0.2, 0) is 9.59 Å². The van der Waals surface area contributed by atoms with Crippen molar-refractivity contribution in [1.29, 1.82) is 0 Å². The van der Waals surface area contributed by atoms with Gasteiger partial charge in [0, 0.05) is 11.3 Å². The molecule has 0 unspecified atom stereocenters. The quantitative estimate of drug-likeness (QED) is 0.315. The number of methoxy groups -OCH3 is 1. The van der Waals surface area contributed by atoms with E-state index in [9.17, 15) is 14.4 Å². The number of imide groups is 1. The zero-order valence-electron chi connectivity index (χ0n) is 19.1. The Bertz CT molecular complexity index is 1470. The molecule has 0 aliphatic carbocycles. The third-order valence-electron chi connectivity index (χ3n) is 7.21. The summed E-state index contributed by atoms with van der Waals surface area (Å²) in [5.74, 6) is -1.97. The molecule has 4 atom stereocenters. The van der Waals surface area contributed by atoms with Crippen LogP contribution in [0.5, 0.6) is 5.75 Å². The average molecular weight is 564 g/mol. The first kappa shape index (κ1) is 23.0. The van der Waals surface area contributed by atoms with Crippen molar-refractivity contribution in [1.82, 2.24) is 0 Å². The van der Waals surface area contributed by atoms with E-state index >= 15 is 0 Å². The van der Waals surface area contributed by atoms with Gasteiger partial charge < -0.3 is 9.64 Å². The molecule has 3 aromatic carbocycles. The molecule has 2 amide bonds. The number of Topliss-reactive ketones (excluding diaryl/α,β-unsaturated/α-hetero) is 1. The van der Waals surface area contributed by atoms with E-state index in [4.69, 9.17) is 16.3 Å². The highest BCUT2D eigenvalue weighted by molar-refractivity contribution is 9.10. The molecule has 0 spiro atoms. The van der Waals surface area contributed by atoms with Gasteiger partial charge in [-0.1, -0.05) is 54.1 Å². The number of hydrogen-bond acceptors (Lipinski definition) is 5.